The molecule has 0 spiro atoms. The molecular weight excluding hydrogens is 308 g/mol. The van der Waals surface area contributed by atoms with Crippen molar-refractivity contribution in [3.63, 3.8) is 0 Å². The van der Waals surface area contributed by atoms with Gasteiger partial charge >= 0.3 is 0 Å². The number of aryl methyl sites for hydroxylation is 2. The van der Waals surface area contributed by atoms with E-state index in [1.165, 1.54) is 6.92 Å². The maximum absolute atomic E-state index is 11.5. The van der Waals surface area contributed by atoms with Gasteiger partial charge in [-0.05, 0) is 32.0 Å². The summed E-state index contributed by atoms with van der Waals surface area (Å²) in [6.07, 6.45) is 1.62. The number of aromatic nitrogens is 4. The number of anilines is 1. The van der Waals surface area contributed by atoms with Crippen molar-refractivity contribution >= 4 is 23.3 Å². The van der Waals surface area contributed by atoms with Gasteiger partial charge in [0.1, 0.15) is 0 Å². The summed E-state index contributed by atoms with van der Waals surface area (Å²) >= 11 is 0. The first-order valence-corrected chi connectivity index (χ1v) is 7.27. The lowest BCUT2D eigenvalue weighted by Crippen LogP contribution is -2.14. The standard InChI is InChI=1S/C16H16N6O2/c1-8-11(6-12(16(17)24)9(2)18-8)13-4-5-15-20-14(19-10(3)23)7-22(15)21-13/h4-7H,1-3H3,(H2,17,24)(H,19,23). The Labute approximate surface area is 137 Å². The van der Waals surface area contributed by atoms with Crippen LogP contribution in [0.4, 0.5) is 5.82 Å². The number of carbonyl (C=O) groups excluding carboxylic acids is 2. The molecule has 0 unspecified atom stereocenters. The maximum atomic E-state index is 11.5. The summed E-state index contributed by atoms with van der Waals surface area (Å²) in [5, 5.41) is 7.09. The Morgan fingerprint density at radius 3 is 2.58 bits per heavy atom. The maximum Gasteiger partial charge on any atom is 0.250 e. The number of nitrogens with zero attached hydrogens (tertiary/aromatic N) is 4. The zero-order valence-electron chi connectivity index (χ0n) is 13.5. The molecule has 0 saturated heterocycles. The van der Waals surface area contributed by atoms with Crippen LogP contribution in [0.2, 0.25) is 0 Å². The molecule has 0 bridgehead atoms. The van der Waals surface area contributed by atoms with Crippen molar-refractivity contribution in [3.8, 4) is 11.3 Å². The zero-order valence-corrected chi connectivity index (χ0v) is 13.5. The van der Waals surface area contributed by atoms with Crippen LogP contribution in [0.5, 0.6) is 0 Å². The number of pyridine rings is 1. The van der Waals surface area contributed by atoms with Gasteiger partial charge in [0.25, 0.3) is 5.91 Å². The van der Waals surface area contributed by atoms with Crippen molar-refractivity contribution in [2.24, 2.45) is 5.73 Å². The Morgan fingerprint density at radius 1 is 1.17 bits per heavy atom. The lowest BCUT2D eigenvalue weighted by Gasteiger charge is -2.09. The third kappa shape index (κ3) is 2.81. The van der Waals surface area contributed by atoms with Crippen LogP contribution in [0.3, 0.4) is 0 Å². The molecular formula is C16H16N6O2. The van der Waals surface area contributed by atoms with Crippen LogP contribution in [0.15, 0.2) is 24.4 Å². The fourth-order valence-corrected chi connectivity index (χ4v) is 2.50. The van der Waals surface area contributed by atoms with Gasteiger partial charge in [-0.1, -0.05) is 0 Å². The largest absolute Gasteiger partial charge is 0.366 e. The van der Waals surface area contributed by atoms with Crippen LogP contribution in [0.25, 0.3) is 16.9 Å². The second-order valence-electron chi connectivity index (χ2n) is 5.45. The number of primary amides is 1. The van der Waals surface area contributed by atoms with Crippen molar-refractivity contribution in [3.05, 3.63) is 41.3 Å². The Kier molecular flexibility index (Phi) is 3.72. The first-order valence-electron chi connectivity index (χ1n) is 7.27. The van der Waals surface area contributed by atoms with E-state index >= 15 is 0 Å². The smallest absolute Gasteiger partial charge is 0.250 e. The van der Waals surface area contributed by atoms with E-state index < -0.39 is 5.91 Å². The van der Waals surface area contributed by atoms with Crippen LogP contribution >= 0.6 is 0 Å². The van der Waals surface area contributed by atoms with Crippen molar-refractivity contribution in [2.45, 2.75) is 20.8 Å². The molecule has 3 heterocycles. The molecule has 0 fully saturated rings. The highest BCUT2D eigenvalue weighted by molar-refractivity contribution is 5.95. The highest BCUT2D eigenvalue weighted by Crippen LogP contribution is 2.23. The van der Waals surface area contributed by atoms with Crippen LogP contribution in [-0.4, -0.2) is 31.4 Å². The molecule has 0 radical (unpaired) electrons. The number of imidazole rings is 1. The van der Waals surface area contributed by atoms with E-state index in [1.54, 1.807) is 35.8 Å². The van der Waals surface area contributed by atoms with Gasteiger partial charge in [0.2, 0.25) is 5.91 Å². The summed E-state index contributed by atoms with van der Waals surface area (Å²) in [6.45, 7) is 4.99. The summed E-state index contributed by atoms with van der Waals surface area (Å²) in [5.41, 5.74) is 9.02. The van der Waals surface area contributed by atoms with E-state index in [2.05, 4.69) is 20.4 Å². The highest BCUT2D eigenvalue weighted by Gasteiger charge is 2.14. The summed E-state index contributed by atoms with van der Waals surface area (Å²) in [4.78, 5) is 31.3. The number of amides is 2. The van der Waals surface area contributed by atoms with Crippen molar-refractivity contribution in [1.29, 1.82) is 0 Å². The molecule has 3 aromatic rings. The van der Waals surface area contributed by atoms with Gasteiger partial charge in [0.15, 0.2) is 11.5 Å². The molecule has 122 valence electrons. The van der Waals surface area contributed by atoms with Gasteiger partial charge in [-0.3, -0.25) is 14.6 Å². The summed E-state index contributed by atoms with van der Waals surface area (Å²) in [5.74, 6) is -0.315. The van der Waals surface area contributed by atoms with Gasteiger partial charge in [0.05, 0.1) is 23.1 Å². The number of rotatable bonds is 3. The molecule has 0 atom stereocenters. The van der Waals surface area contributed by atoms with E-state index in [0.29, 0.717) is 34.0 Å². The second-order valence-corrected chi connectivity index (χ2v) is 5.45. The quantitative estimate of drug-likeness (QED) is 0.757. The molecule has 3 aromatic heterocycles. The van der Waals surface area contributed by atoms with Gasteiger partial charge < -0.3 is 11.1 Å². The molecule has 8 heteroatoms. The molecule has 0 saturated carbocycles. The summed E-state index contributed by atoms with van der Waals surface area (Å²) in [6, 6.07) is 5.25. The monoisotopic (exact) mass is 324 g/mol. The Morgan fingerprint density at radius 2 is 1.92 bits per heavy atom. The first kappa shape index (κ1) is 15.6. The molecule has 0 aliphatic rings. The average molecular weight is 324 g/mol. The summed E-state index contributed by atoms with van der Waals surface area (Å²) in [7, 11) is 0. The molecule has 0 aliphatic carbocycles. The van der Waals surface area contributed by atoms with Gasteiger partial charge in [0, 0.05) is 18.2 Å². The zero-order chi connectivity index (χ0) is 17.4. The van der Waals surface area contributed by atoms with Gasteiger partial charge in [-0.15, -0.1) is 0 Å². The number of nitrogens with one attached hydrogen (secondary N) is 1. The third-order valence-corrected chi connectivity index (χ3v) is 3.57. The van der Waals surface area contributed by atoms with Crippen LogP contribution in [0, 0.1) is 13.8 Å². The Balaban J connectivity index is 2.11. The topological polar surface area (TPSA) is 115 Å². The molecule has 8 nitrogen and oxygen atoms in total. The van der Waals surface area contributed by atoms with Gasteiger partial charge in [-0.25, -0.2) is 9.50 Å². The van der Waals surface area contributed by atoms with E-state index in [4.69, 9.17) is 5.73 Å². The number of fused-ring (bicyclic) bond motifs is 1. The van der Waals surface area contributed by atoms with E-state index in [0.717, 1.165) is 5.69 Å². The summed E-state index contributed by atoms with van der Waals surface area (Å²) < 4.78 is 1.56. The number of carbonyl (C=O) groups is 2. The predicted molar refractivity (Wildman–Crippen MR) is 88.5 cm³/mol. The molecule has 0 aliphatic heterocycles. The number of hydrogen-bond donors (Lipinski definition) is 2. The van der Waals surface area contributed by atoms with Crippen molar-refractivity contribution in [2.75, 3.05) is 5.32 Å². The average Bonchev–Trinajstić information content (AvgIpc) is 2.87. The van der Waals surface area contributed by atoms with Crippen molar-refractivity contribution in [1.82, 2.24) is 19.6 Å². The molecule has 2 amide bonds. The fourth-order valence-electron chi connectivity index (χ4n) is 2.50. The van der Waals surface area contributed by atoms with Crippen LogP contribution < -0.4 is 11.1 Å². The first-order chi connectivity index (χ1) is 11.3. The number of nitrogens with two attached hydrogens (primary N) is 1. The fraction of sp³-hybridized carbons (Fsp3) is 0.188. The van der Waals surface area contributed by atoms with Gasteiger partial charge in [-0.2, -0.15) is 5.10 Å². The molecule has 24 heavy (non-hydrogen) atoms. The van der Waals surface area contributed by atoms with Crippen LogP contribution in [0.1, 0.15) is 28.7 Å². The molecule has 0 aromatic carbocycles. The minimum Gasteiger partial charge on any atom is -0.366 e. The predicted octanol–water partition coefficient (Wildman–Crippen LogP) is 1.47. The Bertz CT molecular complexity index is 976. The van der Waals surface area contributed by atoms with Crippen molar-refractivity contribution < 1.29 is 9.59 Å². The third-order valence-electron chi connectivity index (χ3n) is 3.57. The lowest BCUT2D eigenvalue weighted by atomic mass is 10.0. The molecule has 3 rings (SSSR count). The highest BCUT2D eigenvalue weighted by atomic mass is 16.1. The number of hydrogen-bond acceptors (Lipinski definition) is 5. The molecule has 3 N–H and O–H groups in total. The van der Waals surface area contributed by atoms with E-state index in [-0.39, 0.29) is 5.91 Å². The minimum atomic E-state index is -0.530. The van der Waals surface area contributed by atoms with Crippen LogP contribution in [-0.2, 0) is 4.79 Å². The normalized spacial score (nSPS) is 10.8. The lowest BCUT2D eigenvalue weighted by molar-refractivity contribution is -0.114. The Hall–Kier alpha value is -3.29. The van der Waals surface area contributed by atoms with E-state index in [9.17, 15) is 9.59 Å². The van der Waals surface area contributed by atoms with E-state index in [1.807, 2.05) is 6.92 Å². The minimum absolute atomic E-state index is 0.205. The SMILES string of the molecule is CC(=O)Nc1cn2nc(-c3cc(C(N)=O)c(C)nc3C)ccc2n1. The second kappa shape index (κ2) is 5.73.